The monoisotopic (exact) mass is 488 g/mol. The van der Waals surface area contributed by atoms with E-state index in [1.54, 1.807) is 0 Å². The van der Waals surface area contributed by atoms with Gasteiger partial charge in [-0.3, -0.25) is 24.4 Å². The van der Waals surface area contributed by atoms with Crippen molar-refractivity contribution < 1.29 is 29.4 Å². The first-order valence-corrected chi connectivity index (χ1v) is 10.5. The lowest BCUT2D eigenvalue weighted by atomic mass is 10.1. The van der Waals surface area contributed by atoms with Crippen molar-refractivity contribution in [1.82, 2.24) is 16.0 Å². The van der Waals surface area contributed by atoms with E-state index >= 15 is 0 Å². The Bertz CT molecular complexity index is 750. The van der Waals surface area contributed by atoms with Crippen LogP contribution in [0.3, 0.4) is 0 Å². The Labute approximate surface area is 196 Å². The summed E-state index contributed by atoms with van der Waals surface area (Å²) in [6.45, 7) is 0.944. The van der Waals surface area contributed by atoms with Crippen LogP contribution in [0, 0.1) is 0 Å². The summed E-state index contributed by atoms with van der Waals surface area (Å²) in [5, 5.41) is 25.9. The zero-order valence-corrected chi connectivity index (χ0v) is 19.1. The number of rotatable bonds is 16. The van der Waals surface area contributed by atoms with Gasteiger partial charge in [-0.05, 0) is 32.6 Å². The molecule has 194 valence electrons. The summed E-state index contributed by atoms with van der Waals surface area (Å²) in [4.78, 5) is 56.1. The SMILES string of the molecule is CC(N)C(=O)NC(CCCN=C(N)N)C(=O)NC(CO)C(=O)NC(CCCN=C(N)N)C(=O)O. The van der Waals surface area contributed by atoms with Gasteiger partial charge in [0.05, 0.1) is 12.6 Å². The number of carbonyl (C=O) groups excluding carboxylic acids is 3. The summed E-state index contributed by atoms with van der Waals surface area (Å²) in [6, 6.07) is -4.79. The summed E-state index contributed by atoms with van der Waals surface area (Å²) >= 11 is 0. The molecule has 16 nitrogen and oxygen atoms in total. The largest absolute Gasteiger partial charge is 0.480 e. The molecule has 0 aliphatic heterocycles. The third-order valence-corrected chi connectivity index (χ3v) is 4.37. The average molecular weight is 489 g/mol. The molecule has 0 bridgehead atoms. The van der Waals surface area contributed by atoms with Gasteiger partial charge in [-0.2, -0.15) is 0 Å². The van der Waals surface area contributed by atoms with Gasteiger partial charge in [-0.1, -0.05) is 0 Å². The van der Waals surface area contributed by atoms with E-state index in [4.69, 9.17) is 28.7 Å². The Morgan fingerprint density at radius 2 is 1.18 bits per heavy atom. The number of guanidine groups is 2. The van der Waals surface area contributed by atoms with Crippen molar-refractivity contribution in [3.05, 3.63) is 0 Å². The molecule has 4 unspecified atom stereocenters. The summed E-state index contributed by atoms with van der Waals surface area (Å²) in [7, 11) is 0. The van der Waals surface area contributed by atoms with Crippen molar-refractivity contribution in [2.24, 2.45) is 38.7 Å². The summed E-state index contributed by atoms with van der Waals surface area (Å²) < 4.78 is 0. The second kappa shape index (κ2) is 16.0. The lowest BCUT2D eigenvalue weighted by Crippen LogP contribution is -2.57. The van der Waals surface area contributed by atoms with Gasteiger partial charge in [0.1, 0.15) is 18.1 Å². The highest BCUT2D eigenvalue weighted by Crippen LogP contribution is 2.03. The second-order valence-electron chi connectivity index (χ2n) is 7.39. The molecular formula is C18H36N10O6. The highest BCUT2D eigenvalue weighted by atomic mass is 16.4. The first-order chi connectivity index (χ1) is 15.9. The van der Waals surface area contributed by atoms with Crippen molar-refractivity contribution in [3.63, 3.8) is 0 Å². The maximum absolute atomic E-state index is 12.7. The molecule has 0 aliphatic carbocycles. The van der Waals surface area contributed by atoms with Crippen LogP contribution < -0.4 is 44.6 Å². The molecule has 4 atom stereocenters. The molecule has 0 rings (SSSR count). The number of hydrogen-bond acceptors (Lipinski definition) is 8. The van der Waals surface area contributed by atoms with Crippen LogP contribution in [-0.2, 0) is 19.2 Å². The van der Waals surface area contributed by atoms with Gasteiger partial charge in [-0.15, -0.1) is 0 Å². The van der Waals surface area contributed by atoms with E-state index in [1.807, 2.05) is 0 Å². The van der Waals surface area contributed by atoms with Crippen LogP contribution in [-0.4, -0.2) is 89.7 Å². The summed E-state index contributed by atoms with van der Waals surface area (Å²) in [6.07, 6.45) is 0.666. The standard InChI is InChI=1S/C18H36N10O6/c1-9(19)13(30)26-10(4-2-6-24-17(20)21)14(31)28-12(8-29)15(32)27-11(16(33)34)5-3-7-25-18(22)23/h9-12,29H,2-8,19H2,1H3,(H,26,30)(H,27,32)(H,28,31)(H,33,34)(H4,20,21,24)(H4,22,23,25). The molecule has 16 heteroatoms. The maximum Gasteiger partial charge on any atom is 0.326 e. The minimum Gasteiger partial charge on any atom is -0.480 e. The van der Waals surface area contributed by atoms with Gasteiger partial charge in [0.25, 0.3) is 0 Å². The number of nitrogens with zero attached hydrogens (tertiary/aromatic N) is 2. The number of aliphatic hydroxyl groups is 1. The van der Waals surface area contributed by atoms with Crippen molar-refractivity contribution in [3.8, 4) is 0 Å². The van der Waals surface area contributed by atoms with Gasteiger partial charge < -0.3 is 54.8 Å². The van der Waals surface area contributed by atoms with Crippen molar-refractivity contribution in [2.75, 3.05) is 19.7 Å². The minimum atomic E-state index is -1.47. The van der Waals surface area contributed by atoms with Crippen LogP contribution in [0.25, 0.3) is 0 Å². The topological polar surface area (TPSA) is 300 Å². The van der Waals surface area contributed by atoms with Crippen LogP contribution >= 0.6 is 0 Å². The van der Waals surface area contributed by atoms with Crippen molar-refractivity contribution in [1.29, 1.82) is 0 Å². The predicted molar refractivity (Wildman–Crippen MR) is 124 cm³/mol. The summed E-state index contributed by atoms with van der Waals surface area (Å²) in [5.41, 5.74) is 26.4. The number of aliphatic hydroxyl groups excluding tert-OH is 1. The number of nitrogens with two attached hydrogens (primary N) is 5. The van der Waals surface area contributed by atoms with Gasteiger partial charge >= 0.3 is 5.97 Å². The van der Waals surface area contributed by atoms with Crippen LogP contribution in [0.2, 0.25) is 0 Å². The molecular weight excluding hydrogens is 452 g/mol. The number of carboxylic acid groups (broad SMARTS) is 1. The molecule has 0 aliphatic rings. The fraction of sp³-hybridized carbons (Fsp3) is 0.667. The van der Waals surface area contributed by atoms with Crippen LogP contribution in [0.1, 0.15) is 32.6 Å². The normalized spacial score (nSPS) is 14.0. The number of hydrogen-bond donors (Lipinski definition) is 10. The van der Waals surface area contributed by atoms with Gasteiger partial charge in [0.2, 0.25) is 17.7 Å². The summed E-state index contributed by atoms with van der Waals surface area (Å²) in [5.74, 6) is -3.93. The van der Waals surface area contributed by atoms with Gasteiger partial charge in [0, 0.05) is 13.1 Å². The first kappa shape index (κ1) is 30.3. The Morgan fingerprint density at radius 3 is 1.59 bits per heavy atom. The lowest BCUT2D eigenvalue weighted by molar-refractivity contribution is -0.142. The molecule has 34 heavy (non-hydrogen) atoms. The Hall–Kier alpha value is -3.66. The predicted octanol–water partition coefficient (Wildman–Crippen LogP) is -5.03. The molecule has 0 aromatic heterocycles. The number of amides is 3. The van der Waals surface area contributed by atoms with E-state index in [-0.39, 0.29) is 44.3 Å². The van der Waals surface area contributed by atoms with E-state index in [2.05, 4.69) is 25.9 Å². The van der Waals surface area contributed by atoms with Crippen LogP contribution in [0.15, 0.2) is 9.98 Å². The molecule has 15 N–H and O–H groups in total. The molecule has 0 radical (unpaired) electrons. The fourth-order valence-corrected chi connectivity index (χ4v) is 2.58. The van der Waals surface area contributed by atoms with Gasteiger partial charge in [-0.25, -0.2) is 4.79 Å². The number of nitrogens with one attached hydrogen (secondary N) is 3. The smallest absolute Gasteiger partial charge is 0.326 e. The molecule has 0 heterocycles. The quantitative estimate of drug-likeness (QED) is 0.0556. The van der Waals surface area contributed by atoms with Gasteiger partial charge in [0.15, 0.2) is 11.9 Å². The van der Waals surface area contributed by atoms with E-state index < -0.39 is 54.5 Å². The van der Waals surface area contributed by atoms with E-state index in [0.29, 0.717) is 6.42 Å². The van der Waals surface area contributed by atoms with Crippen molar-refractivity contribution >= 4 is 35.6 Å². The third-order valence-electron chi connectivity index (χ3n) is 4.37. The van der Waals surface area contributed by atoms with Crippen LogP contribution in [0.5, 0.6) is 0 Å². The number of carboxylic acids is 1. The molecule has 0 aromatic rings. The third kappa shape index (κ3) is 13.0. The van der Waals surface area contributed by atoms with E-state index in [9.17, 15) is 29.4 Å². The highest BCUT2D eigenvalue weighted by Gasteiger charge is 2.29. The number of carbonyl (C=O) groups is 4. The Morgan fingerprint density at radius 1 is 0.765 bits per heavy atom. The zero-order chi connectivity index (χ0) is 26.3. The number of aliphatic carboxylic acids is 1. The highest BCUT2D eigenvalue weighted by molar-refractivity contribution is 5.94. The molecule has 0 fully saturated rings. The zero-order valence-electron chi connectivity index (χ0n) is 19.1. The molecule has 3 amide bonds. The molecule has 0 saturated heterocycles. The van der Waals surface area contributed by atoms with E-state index in [1.165, 1.54) is 6.92 Å². The molecule has 0 saturated carbocycles. The lowest BCUT2D eigenvalue weighted by Gasteiger charge is -2.24. The Balaban J connectivity index is 5.17. The molecule has 0 aromatic carbocycles. The fourth-order valence-electron chi connectivity index (χ4n) is 2.58. The first-order valence-electron chi connectivity index (χ1n) is 10.5. The maximum atomic E-state index is 12.7. The second-order valence-corrected chi connectivity index (χ2v) is 7.39. The minimum absolute atomic E-state index is 0.00180. The Kier molecular flexibility index (Phi) is 14.3. The van der Waals surface area contributed by atoms with Crippen molar-refractivity contribution in [2.45, 2.75) is 56.8 Å². The van der Waals surface area contributed by atoms with Crippen LogP contribution in [0.4, 0.5) is 0 Å². The molecule has 0 spiro atoms. The average Bonchev–Trinajstić information content (AvgIpc) is 2.74. The number of aliphatic imine (C=N–C) groups is 2. The van der Waals surface area contributed by atoms with E-state index in [0.717, 1.165) is 0 Å².